The molecule has 0 saturated carbocycles. The zero-order valence-corrected chi connectivity index (χ0v) is 22.3. The summed E-state index contributed by atoms with van der Waals surface area (Å²) in [6.07, 6.45) is -4.86. The molecule has 0 aliphatic rings. The second-order valence-electron chi connectivity index (χ2n) is 8.93. The summed E-state index contributed by atoms with van der Waals surface area (Å²) >= 11 is 0. The maximum Gasteiger partial charge on any atom is 0.417 e. The summed E-state index contributed by atoms with van der Waals surface area (Å²) in [4.78, 5) is 48.2. The van der Waals surface area contributed by atoms with E-state index < -0.39 is 35.5 Å². The Morgan fingerprint density at radius 1 is 1.02 bits per heavy atom. The Morgan fingerprint density at radius 3 is 2.40 bits per heavy atom. The van der Waals surface area contributed by atoms with Crippen molar-refractivity contribution < 1.29 is 46.7 Å². The number of amides is 2. The molecule has 2 amide bonds. The van der Waals surface area contributed by atoms with Gasteiger partial charge in [-0.2, -0.15) is 18.4 Å². The number of carboxylic acid groups (broad SMARTS) is 1. The Kier molecular flexibility index (Phi) is 8.32. The maximum atomic E-state index is 14.2. The van der Waals surface area contributed by atoms with Crippen molar-refractivity contribution in [2.45, 2.75) is 13.1 Å². The van der Waals surface area contributed by atoms with E-state index in [1.165, 1.54) is 30.3 Å². The Hall–Kier alpha value is -5.91. The fourth-order valence-electron chi connectivity index (χ4n) is 4.12. The molecule has 3 aromatic carbocycles. The van der Waals surface area contributed by atoms with Crippen LogP contribution in [0.15, 0.2) is 53.1 Å². The lowest BCUT2D eigenvalue weighted by Gasteiger charge is -2.18. The van der Waals surface area contributed by atoms with Crippen LogP contribution in [0.5, 0.6) is 0 Å². The molecule has 0 aliphatic heterocycles. The minimum absolute atomic E-state index is 0.000411. The molecule has 0 saturated heterocycles. The molecule has 0 fully saturated rings. The molecular weight excluding hydrogens is 575 g/mol. The number of hydrogen-bond donors (Lipinski definition) is 4. The third kappa shape index (κ3) is 6.54. The highest BCUT2D eigenvalue weighted by molar-refractivity contribution is 6.14. The molecular formula is C28H20F3N5O7. The number of nitrogens with zero attached hydrogens (tertiary/aromatic N) is 2. The Bertz CT molecular complexity index is 1830. The molecule has 0 aliphatic carbocycles. The number of halogens is 3. The Morgan fingerprint density at radius 2 is 1.77 bits per heavy atom. The molecule has 12 nitrogen and oxygen atoms in total. The highest BCUT2D eigenvalue weighted by Gasteiger charge is 2.35. The molecule has 4 aromatic rings. The number of esters is 1. The number of aromatic nitrogens is 1. The number of carbonyl (C=O) groups excluding carboxylic acids is 3. The van der Waals surface area contributed by atoms with E-state index in [0.29, 0.717) is 0 Å². The molecule has 220 valence electrons. The number of hydrogen-bond acceptors (Lipinski definition) is 9. The fourth-order valence-corrected chi connectivity index (χ4v) is 4.12. The van der Waals surface area contributed by atoms with Gasteiger partial charge in [-0.25, -0.2) is 4.79 Å². The van der Waals surface area contributed by atoms with Gasteiger partial charge in [0.15, 0.2) is 11.3 Å². The molecule has 0 atom stereocenters. The van der Waals surface area contributed by atoms with Crippen molar-refractivity contribution in [2.75, 3.05) is 29.6 Å². The van der Waals surface area contributed by atoms with Crippen LogP contribution >= 0.6 is 0 Å². The van der Waals surface area contributed by atoms with Crippen molar-refractivity contribution in [1.29, 1.82) is 5.26 Å². The minimum Gasteiger partial charge on any atom is -0.478 e. The first-order valence-corrected chi connectivity index (χ1v) is 12.1. The minimum atomic E-state index is -4.86. The summed E-state index contributed by atoms with van der Waals surface area (Å²) in [5.41, 5.74) is -2.65. The van der Waals surface area contributed by atoms with Crippen LogP contribution in [-0.2, 0) is 20.5 Å². The Balaban J connectivity index is 1.80. The molecule has 15 heteroatoms. The van der Waals surface area contributed by atoms with Gasteiger partial charge >= 0.3 is 18.1 Å². The molecule has 0 unspecified atom stereocenters. The van der Waals surface area contributed by atoms with Gasteiger partial charge in [-0.15, -0.1) is 0 Å². The summed E-state index contributed by atoms with van der Waals surface area (Å²) in [6, 6.07) is 11.0. The third-order valence-electron chi connectivity index (χ3n) is 6.04. The number of anilines is 3. The Labute approximate surface area is 240 Å². The quantitative estimate of drug-likeness (QED) is 0.205. The number of nitrogens with one attached hydrogen (secondary N) is 3. The van der Waals surface area contributed by atoms with Crippen molar-refractivity contribution in [3.63, 3.8) is 0 Å². The van der Waals surface area contributed by atoms with E-state index in [4.69, 9.17) is 9.78 Å². The van der Waals surface area contributed by atoms with E-state index in [1.807, 2.05) is 0 Å². The van der Waals surface area contributed by atoms with Gasteiger partial charge in [0.2, 0.25) is 5.91 Å². The van der Waals surface area contributed by atoms with Crippen LogP contribution in [0.3, 0.4) is 0 Å². The lowest BCUT2D eigenvalue weighted by Crippen LogP contribution is -2.16. The van der Waals surface area contributed by atoms with Gasteiger partial charge in [0.05, 0.1) is 40.9 Å². The number of benzene rings is 3. The van der Waals surface area contributed by atoms with Gasteiger partial charge in [0, 0.05) is 23.9 Å². The summed E-state index contributed by atoms with van der Waals surface area (Å²) in [7, 11) is 1.13. The first-order chi connectivity index (χ1) is 20.3. The van der Waals surface area contributed by atoms with Crippen LogP contribution in [0.4, 0.5) is 30.2 Å². The summed E-state index contributed by atoms with van der Waals surface area (Å²) < 4.78 is 52.3. The average molecular weight is 595 g/mol. The van der Waals surface area contributed by atoms with Crippen molar-refractivity contribution in [2.24, 2.45) is 0 Å². The summed E-state index contributed by atoms with van der Waals surface area (Å²) in [5, 5.41) is 29.6. The topological polar surface area (TPSA) is 184 Å². The highest BCUT2D eigenvalue weighted by atomic mass is 19.4. The number of ether oxygens (including phenoxy) is 1. The molecule has 1 aromatic heterocycles. The number of aromatic carboxylic acids is 1. The van der Waals surface area contributed by atoms with Gasteiger partial charge in [-0.1, -0.05) is 11.2 Å². The van der Waals surface area contributed by atoms with Crippen molar-refractivity contribution in [3.05, 3.63) is 70.9 Å². The van der Waals surface area contributed by atoms with E-state index in [9.17, 15) is 37.5 Å². The maximum absolute atomic E-state index is 14.2. The number of nitriles is 1. The van der Waals surface area contributed by atoms with E-state index in [1.54, 1.807) is 6.07 Å². The molecule has 43 heavy (non-hydrogen) atoms. The summed E-state index contributed by atoms with van der Waals surface area (Å²) in [5.74, 6) is -3.66. The van der Waals surface area contributed by atoms with Gasteiger partial charge in [0.25, 0.3) is 5.91 Å². The molecule has 4 N–H and O–H groups in total. The zero-order chi connectivity index (χ0) is 31.5. The van der Waals surface area contributed by atoms with Crippen molar-refractivity contribution in [1.82, 2.24) is 5.16 Å². The van der Waals surface area contributed by atoms with Gasteiger partial charge in [-0.05, 0) is 48.0 Å². The normalized spacial score (nSPS) is 11.0. The van der Waals surface area contributed by atoms with Crippen LogP contribution < -0.4 is 16.0 Å². The lowest BCUT2D eigenvalue weighted by atomic mass is 9.95. The zero-order valence-electron chi connectivity index (χ0n) is 22.3. The smallest absolute Gasteiger partial charge is 0.417 e. The number of alkyl halides is 3. The van der Waals surface area contributed by atoms with Crippen LogP contribution in [0.25, 0.3) is 22.1 Å². The number of carbonyl (C=O) groups is 4. The first kappa shape index (κ1) is 30.1. The number of carboxylic acids is 1. The monoisotopic (exact) mass is 595 g/mol. The van der Waals surface area contributed by atoms with Crippen LogP contribution in [0.1, 0.15) is 38.9 Å². The molecule has 1 heterocycles. The molecule has 0 bridgehead atoms. The van der Waals surface area contributed by atoms with Gasteiger partial charge < -0.3 is 30.3 Å². The van der Waals surface area contributed by atoms with E-state index in [2.05, 4.69) is 25.8 Å². The van der Waals surface area contributed by atoms with Crippen LogP contribution in [0.2, 0.25) is 0 Å². The average Bonchev–Trinajstić information content (AvgIpc) is 3.37. The van der Waals surface area contributed by atoms with Gasteiger partial charge in [-0.3, -0.25) is 14.4 Å². The second-order valence-corrected chi connectivity index (χ2v) is 8.93. The third-order valence-corrected chi connectivity index (χ3v) is 6.04. The predicted octanol–water partition coefficient (Wildman–Crippen LogP) is 4.88. The van der Waals surface area contributed by atoms with Crippen molar-refractivity contribution >= 4 is 51.8 Å². The fraction of sp³-hybridized carbons (Fsp3) is 0.143. The van der Waals surface area contributed by atoms with Crippen LogP contribution in [0, 0.1) is 11.3 Å². The lowest BCUT2D eigenvalue weighted by molar-refractivity contribution is -0.138. The van der Waals surface area contributed by atoms with Crippen molar-refractivity contribution in [3.8, 4) is 17.2 Å². The number of fused-ring (bicyclic) bond motifs is 1. The van der Waals surface area contributed by atoms with E-state index >= 15 is 0 Å². The molecule has 4 rings (SSSR count). The largest absolute Gasteiger partial charge is 0.478 e. The number of methoxy groups -OCH3 is 1. The second kappa shape index (κ2) is 11.9. The molecule has 0 radical (unpaired) electrons. The number of rotatable bonds is 8. The predicted molar refractivity (Wildman–Crippen MR) is 145 cm³/mol. The molecule has 0 spiro atoms. The standard InChI is InChI=1S/C28H20F3N5O7/c1-13(37)34-22-9-19-23(43-36-25(19)26(39)35-21-6-3-14(11-32)7-18(21)27(40)41)10-17(22)16-5-4-15(33-12-24(38)42-2)8-20(16)28(29,30)31/h3-10,33H,12H2,1-2H3,(H,34,37)(H,35,39)(H,40,41). The summed E-state index contributed by atoms with van der Waals surface area (Å²) in [6.45, 7) is 0.758. The first-order valence-electron chi connectivity index (χ1n) is 12.1. The SMILES string of the molecule is COC(=O)CNc1ccc(-c2cc3onc(C(=O)Nc4ccc(C#N)cc4C(=O)O)c3cc2NC(C)=O)c(C(F)(F)F)c1. The van der Waals surface area contributed by atoms with E-state index in [-0.39, 0.29) is 62.5 Å². The highest BCUT2D eigenvalue weighted by Crippen LogP contribution is 2.42. The van der Waals surface area contributed by atoms with Crippen LogP contribution in [-0.4, -0.2) is 47.7 Å². The van der Waals surface area contributed by atoms with E-state index in [0.717, 1.165) is 32.2 Å². The van der Waals surface area contributed by atoms with Gasteiger partial charge in [0.1, 0.15) is 6.54 Å².